The Morgan fingerprint density at radius 1 is 1.03 bits per heavy atom. The van der Waals surface area contributed by atoms with Gasteiger partial charge in [-0.15, -0.1) is 0 Å². The molecule has 0 fully saturated rings. The van der Waals surface area contributed by atoms with Crippen LogP contribution in [0.3, 0.4) is 0 Å². The Morgan fingerprint density at radius 3 is 2.50 bits per heavy atom. The van der Waals surface area contributed by atoms with Crippen LogP contribution in [0.5, 0.6) is 6.01 Å². The van der Waals surface area contributed by atoms with Crippen molar-refractivity contribution in [3.63, 3.8) is 0 Å². The number of rotatable bonds is 6. The highest BCUT2D eigenvalue weighted by Crippen LogP contribution is 2.30. The fraction of sp³-hybridized carbons (Fsp3) is 0.115. The number of nitrogens with zero attached hydrogens (tertiary/aromatic N) is 5. The van der Waals surface area contributed by atoms with Gasteiger partial charge in [-0.25, -0.2) is 15.0 Å². The summed E-state index contributed by atoms with van der Waals surface area (Å²) >= 11 is 8.18. The Hall–Kier alpha value is -3.57. The summed E-state index contributed by atoms with van der Waals surface area (Å²) in [4.78, 5) is 31.0. The SMILES string of the molecule is COc1ncc(-c2cccc3cc(C(C)Nc4nc(Cl)ncc4I)n(-c4ccccc4)c(=O)c23)cn1. The van der Waals surface area contributed by atoms with Crippen LogP contribution < -0.4 is 15.6 Å². The van der Waals surface area contributed by atoms with Crippen LogP contribution in [0, 0.1) is 3.57 Å². The van der Waals surface area contributed by atoms with Crippen LogP contribution in [-0.4, -0.2) is 31.6 Å². The molecule has 1 unspecified atom stereocenters. The van der Waals surface area contributed by atoms with Crippen molar-refractivity contribution in [2.75, 3.05) is 12.4 Å². The molecular weight excluding hydrogens is 591 g/mol. The van der Waals surface area contributed by atoms with E-state index in [1.54, 1.807) is 23.2 Å². The molecule has 0 amide bonds. The number of methoxy groups -OCH3 is 1. The van der Waals surface area contributed by atoms with E-state index in [1.165, 1.54) is 7.11 Å². The highest BCUT2D eigenvalue weighted by atomic mass is 127. The summed E-state index contributed by atoms with van der Waals surface area (Å²) in [5, 5.41) is 4.92. The van der Waals surface area contributed by atoms with E-state index in [-0.39, 0.29) is 22.9 Å². The largest absolute Gasteiger partial charge is 0.467 e. The van der Waals surface area contributed by atoms with E-state index >= 15 is 0 Å². The first kappa shape index (κ1) is 24.1. The van der Waals surface area contributed by atoms with Gasteiger partial charge in [0.2, 0.25) is 5.28 Å². The molecule has 3 heterocycles. The van der Waals surface area contributed by atoms with Gasteiger partial charge in [0, 0.05) is 35.5 Å². The van der Waals surface area contributed by atoms with E-state index < -0.39 is 0 Å². The molecule has 1 atom stereocenters. The third-order valence-corrected chi connectivity index (χ3v) is 6.69. The van der Waals surface area contributed by atoms with Crippen LogP contribution in [0.1, 0.15) is 18.7 Å². The lowest BCUT2D eigenvalue weighted by atomic mass is 9.99. The number of pyridine rings is 1. The first-order chi connectivity index (χ1) is 17.5. The Labute approximate surface area is 225 Å². The third kappa shape index (κ3) is 4.63. The predicted molar refractivity (Wildman–Crippen MR) is 149 cm³/mol. The van der Waals surface area contributed by atoms with Crippen molar-refractivity contribution in [3.05, 3.63) is 98.1 Å². The zero-order valence-corrected chi connectivity index (χ0v) is 22.2. The van der Waals surface area contributed by atoms with Crippen molar-refractivity contribution >= 4 is 50.8 Å². The quantitative estimate of drug-likeness (QED) is 0.195. The summed E-state index contributed by atoms with van der Waals surface area (Å²) in [6.07, 6.45) is 4.97. The number of hydrogen-bond acceptors (Lipinski definition) is 7. The van der Waals surface area contributed by atoms with Crippen LogP contribution >= 0.6 is 34.2 Å². The van der Waals surface area contributed by atoms with Crippen molar-refractivity contribution in [1.29, 1.82) is 0 Å². The number of ether oxygens (including phenoxy) is 1. The summed E-state index contributed by atoms with van der Waals surface area (Å²) in [5.74, 6) is 0.597. The van der Waals surface area contributed by atoms with Gasteiger partial charge in [-0.2, -0.15) is 4.98 Å². The second-order valence-corrected chi connectivity index (χ2v) is 9.48. The minimum atomic E-state index is -0.283. The second-order valence-electron chi connectivity index (χ2n) is 7.98. The maximum Gasteiger partial charge on any atom is 0.316 e. The lowest BCUT2D eigenvalue weighted by Crippen LogP contribution is -2.26. The average Bonchev–Trinajstić information content (AvgIpc) is 2.90. The van der Waals surface area contributed by atoms with E-state index in [9.17, 15) is 4.79 Å². The zero-order valence-electron chi connectivity index (χ0n) is 19.3. The number of anilines is 1. The number of halogens is 2. The predicted octanol–water partition coefficient (Wildman–Crippen LogP) is 5.68. The summed E-state index contributed by atoms with van der Waals surface area (Å²) in [6, 6.07) is 17.3. The van der Waals surface area contributed by atoms with Gasteiger partial charge < -0.3 is 10.1 Å². The summed E-state index contributed by atoms with van der Waals surface area (Å²) in [5.41, 5.74) is 2.84. The van der Waals surface area contributed by atoms with Crippen LogP contribution in [0.2, 0.25) is 5.28 Å². The van der Waals surface area contributed by atoms with E-state index in [4.69, 9.17) is 16.3 Å². The maximum absolute atomic E-state index is 14.2. The van der Waals surface area contributed by atoms with Crippen LogP contribution in [0.25, 0.3) is 27.6 Å². The van der Waals surface area contributed by atoms with Crippen molar-refractivity contribution in [2.45, 2.75) is 13.0 Å². The van der Waals surface area contributed by atoms with E-state index in [1.807, 2.05) is 61.5 Å². The number of nitrogens with one attached hydrogen (secondary N) is 1. The second kappa shape index (κ2) is 10.2. The molecule has 36 heavy (non-hydrogen) atoms. The average molecular weight is 611 g/mol. The first-order valence-corrected chi connectivity index (χ1v) is 12.5. The number of benzene rings is 2. The molecule has 3 aromatic heterocycles. The summed E-state index contributed by atoms with van der Waals surface area (Å²) in [6.45, 7) is 1.98. The van der Waals surface area contributed by atoms with Gasteiger partial charge in [0.05, 0.1) is 22.1 Å². The highest BCUT2D eigenvalue weighted by Gasteiger charge is 2.20. The maximum atomic E-state index is 14.2. The monoisotopic (exact) mass is 610 g/mol. The van der Waals surface area contributed by atoms with Crippen LogP contribution in [0.15, 0.2) is 78.0 Å². The molecule has 180 valence electrons. The Kier molecular flexibility index (Phi) is 6.84. The molecule has 0 saturated carbocycles. The van der Waals surface area contributed by atoms with Crippen molar-refractivity contribution < 1.29 is 4.74 Å². The minimum Gasteiger partial charge on any atom is -0.467 e. The van der Waals surface area contributed by atoms with Gasteiger partial charge in [0.1, 0.15) is 5.82 Å². The minimum absolute atomic E-state index is 0.149. The Morgan fingerprint density at radius 2 is 1.78 bits per heavy atom. The topological polar surface area (TPSA) is 94.8 Å². The smallest absolute Gasteiger partial charge is 0.316 e. The number of fused-ring (bicyclic) bond motifs is 1. The van der Waals surface area contributed by atoms with E-state index in [0.717, 1.165) is 31.5 Å². The highest BCUT2D eigenvalue weighted by molar-refractivity contribution is 14.1. The number of hydrogen-bond donors (Lipinski definition) is 1. The van der Waals surface area contributed by atoms with Crippen molar-refractivity contribution in [2.24, 2.45) is 0 Å². The number of para-hydroxylation sites is 1. The summed E-state index contributed by atoms with van der Waals surface area (Å²) in [7, 11) is 1.51. The van der Waals surface area contributed by atoms with Gasteiger partial charge in [0.25, 0.3) is 5.56 Å². The molecule has 5 rings (SSSR count). The Bertz CT molecular complexity index is 1610. The van der Waals surface area contributed by atoms with Gasteiger partial charge in [0.15, 0.2) is 0 Å². The molecule has 8 nitrogen and oxygen atoms in total. The lowest BCUT2D eigenvalue weighted by Gasteiger charge is -2.22. The van der Waals surface area contributed by atoms with Crippen molar-refractivity contribution in [1.82, 2.24) is 24.5 Å². The molecule has 0 aliphatic carbocycles. The van der Waals surface area contributed by atoms with Gasteiger partial charge >= 0.3 is 6.01 Å². The van der Waals surface area contributed by atoms with E-state index in [2.05, 4.69) is 47.8 Å². The fourth-order valence-corrected chi connectivity index (χ4v) is 4.62. The zero-order chi connectivity index (χ0) is 25.2. The van der Waals surface area contributed by atoms with Gasteiger partial charge in [-0.05, 0) is 70.3 Å². The molecule has 0 aliphatic rings. The first-order valence-electron chi connectivity index (χ1n) is 11.0. The molecule has 0 spiro atoms. The van der Waals surface area contributed by atoms with Crippen LogP contribution in [-0.2, 0) is 0 Å². The normalized spacial score (nSPS) is 11.9. The third-order valence-electron chi connectivity index (χ3n) is 5.72. The summed E-state index contributed by atoms with van der Waals surface area (Å²) < 4.78 is 7.63. The Balaban J connectivity index is 1.73. The molecule has 2 aromatic carbocycles. The molecule has 0 bridgehead atoms. The molecule has 0 aliphatic heterocycles. The van der Waals surface area contributed by atoms with E-state index in [0.29, 0.717) is 11.2 Å². The molecule has 1 N–H and O–H groups in total. The lowest BCUT2D eigenvalue weighted by molar-refractivity contribution is 0.380. The fourth-order valence-electron chi connectivity index (χ4n) is 4.07. The molecule has 10 heteroatoms. The number of aromatic nitrogens is 5. The molecule has 5 aromatic rings. The van der Waals surface area contributed by atoms with Crippen molar-refractivity contribution in [3.8, 4) is 22.8 Å². The molecule has 0 saturated heterocycles. The molecular formula is C26H20ClIN6O2. The van der Waals surface area contributed by atoms with Gasteiger partial charge in [-0.3, -0.25) is 9.36 Å². The van der Waals surface area contributed by atoms with Gasteiger partial charge in [-0.1, -0.05) is 36.4 Å². The standard InChI is InChI=1S/C26H20ClIN6O2/c1-15(32-23-20(28)14-29-25(27)33-23)21-11-16-7-6-10-19(17-12-30-26(36-2)31-13-17)22(16)24(35)34(21)18-8-4-3-5-9-18/h3-15H,1-2H3,(H,29,32,33). The molecule has 0 radical (unpaired) electrons. The van der Waals surface area contributed by atoms with Crippen LogP contribution in [0.4, 0.5) is 5.82 Å².